The van der Waals surface area contributed by atoms with Crippen molar-refractivity contribution in [2.45, 2.75) is 20.0 Å². The van der Waals surface area contributed by atoms with Crippen LogP contribution in [0.15, 0.2) is 29.4 Å². The van der Waals surface area contributed by atoms with Crippen LogP contribution >= 0.6 is 0 Å². The number of carbonyl (C=O) groups excluding carboxylic acids is 1. The Morgan fingerprint density at radius 2 is 1.85 bits per heavy atom. The van der Waals surface area contributed by atoms with E-state index in [2.05, 4.69) is 10.5 Å². The van der Waals surface area contributed by atoms with Crippen LogP contribution in [0.4, 0.5) is 18.9 Å². The van der Waals surface area contributed by atoms with E-state index in [1.165, 1.54) is 26.0 Å². The Hall–Kier alpha value is -2.25. The number of hydrogen-bond acceptors (Lipinski definition) is 3. The number of hydrogen-bond donors (Lipinski definition) is 3. The van der Waals surface area contributed by atoms with Crippen LogP contribution < -0.4 is 11.1 Å². The number of alkyl halides is 3. The molecule has 0 atom stereocenters. The summed E-state index contributed by atoms with van der Waals surface area (Å²) in [4.78, 5) is 12.0. The first-order chi connectivity index (χ1) is 9.10. The second-order valence-corrected chi connectivity index (χ2v) is 4.61. The molecular weight excluding hydrogens is 275 g/mol. The molecule has 5 nitrogen and oxygen atoms in total. The van der Waals surface area contributed by atoms with Crippen LogP contribution in [0.3, 0.4) is 0 Å². The van der Waals surface area contributed by atoms with Crippen LogP contribution in [0.1, 0.15) is 19.4 Å². The quantitative estimate of drug-likeness (QED) is 0.345. The third-order valence-electron chi connectivity index (χ3n) is 2.80. The summed E-state index contributed by atoms with van der Waals surface area (Å²) in [5.41, 5.74) is 2.54. The highest BCUT2D eigenvalue weighted by Crippen LogP contribution is 2.35. The van der Waals surface area contributed by atoms with Gasteiger partial charge in [-0.15, -0.1) is 0 Å². The van der Waals surface area contributed by atoms with Crippen molar-refractivity contribution in [2.24, 2.45) is 16.3 Å². The number of carbonyl (C=O) groups is 1. The Kier molecular flexibility index (Phi) is 4.26. The van der Waals surface area contributed by atoms with Crippen molar-refractivity contribution < 1.29 is 23.2 Å². The highest BCUT2D eigenvalue weighted by atomic mass is 19.4. The van der Waals surface area contributed by atoms with Crippen molar-refractivity contribution in [3.63, 3.8) is 0 Å². The largest absolute Gasteiger partial charge is 0.418 e. The molecule has 1 rings (SSSR count). The molecule has 0 heterocycles. The lowest BCUT2D eigenvalue weighted by atomic mass is 9.90. The number of nitrogens with zero attached hydrogens (tertiary/aromatic N) is 1. The van der Waals surface area contributed by atoms with Crippen molar-refractivity contribution in [1.82, 2.24) is 0 Å². The molecule has 0 aliphatic carbocycles. The topological polar surface area (TPSA) is 87.7 Å². The second kappa shape index (κ2) is 5.40. The van der Waals surface area contributed by atoms with Gasteiger partial charge in [-0.2, -0.15) is 13.2 Å². The molecule has 1 aromatic carbocycles. The van der Waals surface area contributed by atoms with Gasteiger partial charge in [0.2, 0.25) is 5.91 Å². The van der Waals surface area contributed by atoms with Crippen molar-refractivity contribution in [3.05, 3.63) is 29.8 Å². The van der Waals surface area contributed by atoms with Crippen LogP contribution in [-0.2, 0) is 11.0 Å². The van der Waals surface area contributed by atoms with E-state index in [9.17, 15) is 18.0 Å². The first-order valence-corrected chi connectivity index (χ1v) is 5.56. The van der Waals surface area contributed by atoms with E-state index in [1.807, 2.05) is 0 Å². The summed E-state index contributed by atoms with van der Waals surface area (Å²) in [6.07, 6.45) is -4.59. The fourth-order valence-electron chi connectivity index (χ4n) is 1.36. The Bertz CT molecular complexity index is 539. The second-order valence-electron chi connectivity index (χ2n) is 4.61. The number of anilines is 1. The lowest BCUT2D eigenvalue weighted by Crippen LogP contribution is -2.42. The molecule has 0 bridgehead atoms. The molecule has 8 heteroatoms. The van der Waals surface area contributed by atoms with E-state index >= 15 is 0 Å². The molecule has 0 saturated carbocycles. The lowest BCUT2D eigenvalue weighted by molar-refractivity contribution is -0.137. The Labute approximate surface area is 113 Å². The van der Waals surface area contributed by atoms with E-state index in [1.54, 1.807) is 0 Å². The van der Waals surface area contributed by atoms with Crippen molar-refractivity contribution in [3.8, 4) is 0 Å². The van der Waals surface area contributed by atoms with E-state index in [0.29, 0.717) is 0 Å². The number of benzene rings is 1. The highest BCUT2D eigenvalue weighted by Gasteiger charge is 2.37. The standard InChI is InChI=1S/C12H14F3N3O2/c1-11(2,9(16)18-20)10(19)17-8-6-4-3-5-7(8)12(13,14)15/h3-6,20H,1-2H3,(H2,16,18)(H,17,19). The molecule has 0 aliphatic heterocycles. The smallest absolute Gasteiger partial charge is 0.409 e. The fraction of sp³-hybridized carbons (Fsp3) is 0.333. The summed E-state index contributed by atoms with van der Waals surface area (Å²) in [5.74, 6) is -1.22. The minimum atomic E-state index is -4.59. The summed E-state index contributed by atoms with van der Waals surface area (Å²) < 4.78 is 38.3. The molecule has 4 N–H and O–H groups in total. The molecule has 0 spiro atoms. The zero-order valence-electron chi connectivity index (χ0n) is 10.8. The monoisotopic (exact) mass is 289 g/mol. The minimum absolute atomic E-state index is 0.385. The number of nitrogens with one attached hydrogen (secondary N) is 1. The van der Waals surface area contributed by atoms with Crippen molar-refractivity contribution in [1.29, 1.82) is 0 Å². The van der Waals surface area contributed by atoms with Gasteiger partial charge in [0.05, 0.1) is 11.3 Å². The first-order valence-electron chi connectivity index (χ1n) is 5.56. The van der Waals surface area contributed by atoms with Gasteiger partial charge in [-0.3, -0.25) is 4.79 Å². The van der Waals surface area contributed by atoms with Crippen LogP contribution in [0.2, 0.25) is 0 Å². The van der Waals surface area contributed by atoms with Gasteiger partial charge >= 0.3 is 6.18 Å². The molecule has 0 aromatic heterocycles. The average Bonchev–Trinajstić information content (AvgIpc) is 2.36. The number of amides is 1. The highest BCUT2D eigenvalue weighted by molar-refractivity contribution is 6.11. The molecule has 0 saturated heterocycles. The number of nitrogens with two attached hydrogens (primary N) is 1. The van der Waals surface area contributed by atoms with Gasteiger partial charge < -0.3 is 16.3 Å². The number of oxime groups is 1. The van der Waals surface area contributed by atoms with Crippen LogP contribution in [0.5, 0.6) is 0 Å². The normalized spacial score (nSPS) is 13.2. The van der Waals surface area contributed by atoms with Gasteiger partial charge in [-0.1, -0.05) is 17.3 Å². The zero-order valence-corrected chi connectivity index (χ0v) is 10.8. The molecule has 20 heavy (non-hydrogen) atoms. The third-order valence-corrected chi connectivity index (χ3v) is 2.80. The molecule has 0 unspecified atom stereocenters. The predicted molar refractivity (Wildman–Crippen MR) is 67.3 cm³/mol. The van der Waals surface area contributed by atoms with Gasteiger partial charge in [0.25, 0.3) is 0 Å². The molecule has 1 amide bonds. The third kappa shape index (κ3) is 3.19. The molecule has 0 radical (unpaired) electrons. The number of amidine groups is 1. The summed E-state index contributed by atoms with van der Waals surface area (Å²) in [6, 6.07) is 4.56. The van der Waals surface area contributed by atoms with Crippen molar-refractivity contribution in [2.75, 3.05) is 5.32 Å². The van der Waals surface area contributed by atoms with E-state index < -0.39 is 28.9 Å². The minimum Gasteiger partial charge on any atom is -0.409 e. The Balaban J connectivity index is 3.10. The van der Waals surface area contributed by atoms with Gasteiger partial charge in [-0.25, -0.2) is 0 Å². The zero-order chi connectivity index (χ0) is 15.6. The summed E-state index contributed by atoms with van der Waals surface area (Å²) in [7, 11) is 0. The summed E-state index contributed by atoms with van der Waals surface area (Å²) in [6.45, 7) is 2.65. The maximum Gasteiger partial charge on any atom is 0.418 e. The van der Waals surface area contributed by atoms with Crippen LogP contribution in [-0.4, -0.2) is 17.0 Å². The predicted octanol–water partition coefficient (Wildman–Crippen LogP) is 2.42. The molecule has 110 valence electrons. The summed E-state index contributed by atoms with van der Waals surface area (Å²) >= 11 is 0. The average molecular weight is 289 g/mol. The Morgan fingerprint density at radius 3 is 2.35 bits per heavy atom. The van der Waals surface area contributed by atoms with Crippen molar-refractivity contribution >= 4 is 17.4 Å². The van der Waals surface area contributed by atoms with E-state index in [-0.39, 0.29) is 5.69 Å². The molecule has 0 aliphatic rings. The van der Waals surface area contributed by atoms with Gasteiger partial charge in [-0.05, 0) is 26.0 Å². The maximum absolute atomic E-state index is 12.8. The molecule has 0 fully saturated rings. The number of halogens is 3. The summed E-state index contributed by atoms with van der Waals surface area (Å²) in [5, 5.41) is 13.4. The maximum atomic E-state index is 12.8. The Morgan fingerprint density at radius 1 is 1.30 bits per heavy atom. The molecule has 1 aromatic rings. The van der Waals surface area contributed by atoms with Crippen LogP contribution in [0, 0.1) is 5.41 Å². The van der Waals surface area contributed by atoms with Gasteiger partial charge in [0.1, 0.15) is 5.41 Å². The SMILES string of the molecule is CC(C)(C(=O)Nc1ccccc1C(F)(F)F)C(N)=NO. The first kappa shape index (κ1) is 15.8. The van der Waals surface area contributed by atoms with E-state index in [0.717, 1.165) is 12.1 Å². The number of para-hydroxylation sites is 1. The fourth-order valence-corrected chi connectivity index (χ4v) is 1.36. The van der Waals surface area contributed by atoms with E-state index in [4.69, 9.17) is 10.9 Å². The van der Waals surface area contributed by atoms with Crippen LogP contribution in [0.25, 0.3) is 0 Å². The van der Waals surface area contributed by atoms with Gasteiger partial charge in [0.15, 0.2) is 5.84 Å². The van der Waals surface area contributed by atoms with Gasteiger partial charge in [0, 0.05) is 0 Å². The molecular formula is C12H14F3N3O2. The number of rotatable bonds is 3. The lowest BCUT2D eigenvalue weighted by Gasteiger charge is -2.23.